The first-order chi connectivity index (χ1) is 7.83. The quantitative estimate of drug-likeness (QED) is 0.694. The molecule has 0 atom stereocenters. The van der Waals surface area contributed by atoms with E-state index in [2.05, 4.69) is 21.2 Å². The number of hydrogen-bond acceptors (Lipinski definition) is 5. The number of nitrogens with zero attached hydrogens (tertiary/aromatic N) is 3. The van der Waals surface area contributed by atoms with Crippen molar-refractivity contribution >= 4 is 27.4 Å². The molecule has 3 aromatic rings. The molecule has 0 fully saturated rings. The van der Waals surface area contributed by atoms with Gasteiger partial charge in [-0.15, -0.1) is 0 Å². The van der Waals surface area contributed by atoms with E-state index >= 15 is 0 Å². The largest absolute Gasteiger partial charge is 0.375 e. The first-order valence-corrected chi connectivity index (χ1v) is 5.58. The molecule has 0 radical (unpaired) electrons. The molecule has 2 aromatic heterocycles. The van der Waals surface area contributed by atoms with Gasteiger partial charge >= 0.3 is 0 Å². The summed E-state index contributed by atoms with van der Waals surface area (Å²) in [6.45, 7) is 0. The van der Waals surface area contributed by atoms with Gasteiger partial charge in [-0.1, -0.05) is 17.4 Å². The summed E-state index contributed by atoms with van der Waals surface area (Å²) in [5, 5.41) is 9.53. The highest BCUT2D eigenvalue weighted by Crippen LogP contribution is 2.29. The molecule has 0 saturated carbocycles. The lowest BCUT2D eigenvalue weighted by Gasteiger charge is -1.99. The summed E-state index contributed by atoms with van der Waals surface area (Å²) >= 11 is 1.48. The Labute approximate surface area is 95.8 Å². The van der Waals surface area contributed by atoms with Crippen LogP contribution in [0.4, 0.5) is 5.13 Å². The third-order valence-electron chi connectivity index (χ3n) is 2.32. The molecule has 2 N–H and O–H groups in total. The smallest absolute Gasteiger partial charge is 0.180 e. The van der Waals surface area contributed by atoms with E-state index in [4.69, 9.17) is 5.73 Å². The lowest BCUT2D eigenvalue weighted by Crippen LogP contribution is -1.82. The Morgan fingerprint density at radius 3 is 2.94 bits per heavy atom. The van der Waals surface area contributed by atoms with Gasteiger partial charge in [0.2, 0.25) is 0 Å². The van der Waals surface area contributed by atoms with Crippen LogP contribution in [-0.4, -0.2) is 15.2 Å². The van der Waals surface area contributed by atoms with Gasteiger partial charge < -0.3 is 5.73 Å². The summed E-state index contributed by atoms with van der Waals surface area (Å²) in [6.07, 6.45) is 3.48. The molecule has 4 nitrogen and oxygen atoms in total. The van der Waals surface area contributed by atoms with Crippen molar-refractivity contribution in [3.63, 3.8) is 0 Å². The predicted octanol–water partition coefficient (Wildman–Crippen LogP) is 2.34. The van der Waals surface area contributed by atoms with E-state index < -0.39 is 0 Å². The Bertz CT molecular complexity index is 647. The molecule has 0 aliphatic carbocycles. The number of rotatable bonds is 1. The van der Waals surface area contributed by atoms with Crippen LogP contribution in [0.1, 0.15) is 0 Å². The maximum atomic E-state index is 5.61. The summed E-state index contributed by atoms with van der Waals surface area (Å²) in [4.78, 5) is 5.11. The van der Waals surface area contributed by atoms with Crippen molar-refractivity contribution in [2.75, 3.05) is 5.73 Å². The molecule has 5 heteroatoms. The number of thiazole rings is 1. The Kier molecular flexibility index (Phi) is 2.04. The molecule has 0 bridgehead atoms. The van der Waals surface area contributed by atoms with Crippen LogP contribution in [0.5, 0.6) is 0 Å². The standard InChI is InChI=1S/C11H8N4S/c12-11-13-6-10(16-11)8-1-2-9-7(5-8)3-4-14-15-9/h1-6H,(H2,12,13). The lowest BCUT2D eigenvalue weighted by molar-refractivity contribution is 1.08. The Morgan fingerprint density at radius 2 is 2.12 bits per heavy atom. The van der Waals surface area contributed by atoms with Gasteiger partial charge in [-0.05, 0) is 23.8 Å². The third-order valence-corrected chi connectivity index (χ3v) is 3.20. The maximum absolute atomic E-state index is 5.61. The second-order valence-corrected chi connectivity index (χ2v) is 4.43. The molecule has 2 heterocycles. The first-order valence-electron chi connectivity index (χ1n) is 4.76. The molecule has 0 spiro atoms. The van der Waals surface area contributed by atoms with Crippen LogP contribution in [-0.2, 0) is 0 Å². The predicted molar refractivity (Wildman–Crippen MR) is 65.1 cm³/mol. The van der Waals surface area contributed by atoms with E-state index in [0.717, 1.165) is 21.3 Å². The molecular weight excluding hydrogens is 220 g/mol. The van der Waals surface area contributed by atoms with Gasteiger partial charge in [-0.25, -0.2) is 4.98 Å². The fourth-order valence-electron chi connectivity index (χ4n) is 1.56. The van der Waals surface area contributed by atoms with Gasteiger partial charge in [0.05, 0.1) is 16.6 Å². The molecule has 16 heavy (non-hydrogen) atoms. The van der Waals surface area contributed by atoms with Crippen LogP contribution < -0.4 is 5.73 Å². The zero-order valence-electron chi connectivity index (χ0n) is 8.29. The highest BCUT2D eigenvalue weighted by atomic mass is 32.1. The molecule has 0 saturated heterocycles. The van der Waals surface area contributed by atoms with E-state index in [-0.39, 0.29) is 0 Å². The van der Waals surface area contributed by atoms with Crippen molar-refractivity contribution in [1.29, 1.82) is 0 Å². The second kappa shape index (κ2) is 3.53. The van der Waals surface area contributed by atoms with Gasteiger partial charge in [-0.2, -0.15) is 10.2 Å². The Balaban J connectivity index is 2.18. The van der Waals surface area contributed by atoms with Crippen LogP contribution in [0, 0.1) is 0 Å². The minimum atomic E-state index is 0.586. The molecule has 0 aliphatic heterocycles. The van der Waals surface area contributed by atoms with Crippen LogP contribution >= 0.6 is 11.3 Å². The zero-order valence-corrected chi connectivity index (χ0v) is 9.11. The monoisotopic (exact) mass is 228 g/mol. The number of aromatic nitrogens is 3. The minimum absolute atomic E-state index is 0.586. The van der Waals surface area contributed by atoms with Crippen LogP contribution in [0.2, 0.25) is 0 Å². The van der Waals surface area contributed by atoms with Gasteiger partial charge in [-0.3, -0.25) is 0 Å². The highest BCUT2D eigenvalue weighted by Gasteiger charge is 2.03. The topological polar surface area (TPSA) is 64.7 Å². The summed E-state index contributed by atoms with van der Waals surface area (Å²) < 4.78 is 0. The molecular formula is C11H8N4S. The summed E-state index contributed by atoms with van der Waals surface area (Å²) in [7, 11) is 0. The number of hydrogen-bond donors (Lipinski definition) is 1. The molecule has 78 valence electrons. The van der Waals surface area contributed by atoms with Crippen molar-refractivity contribution in [3.05, 3.63) is 36.7 Å². The Morgan fingerprint density at radius 1 is 1.19 bits per heavy atom. The van der Waals surface area contributed by atoms with Crippen molar-refractivity contribution < 1.29 is 0 Å². The molecule has 0 aliphatic rings. The van der Waals surface area contributed by atoms with E-state index in [1.165, 1.54) is 11.3 Å². The second-order valence-electron chi connectivity index (χ2n) is 3.37. The van der Waals surface area contributed by atoms with Gasteiger partial charge in [0.15, 0.2) is 5.13 Å². The van der Waals surface area contributed by atoms with Crippen LogP contribution in [0.15, 0.2) is 36.7 Å². The summed E-state index contributed by atoms with van der Waals surface area (Å²) in [5.74, 6) is 0. The Hall–Kier alpha value is -2.01. The minimum Gasteiger partial charge on any atom is -0.375 e. The average Bonchev–Trinajstić information content (AvgIpc) is 2.75. The number of nitrogen functional groups attached to an aromatic ring is 1. The fourth-order valence-corrected chi connectivity index (χ4v) is 2.24. The number of nitrogens with two attached hydrogens (primary N) is 1. The highest BCUT2D eigenvalue weighted by molar-refractivity contribution is 7.18. The van der Waals surface area contributed by atoms with E-state index in [1.54, 1.807) is 12.4 Å². The average molecular weight is 228 g/mol. The van der Waals surface area contributed by atoms with Gasteiger partial charge in [0.25, 0.3) is 0 Å². The molecule has 1 aromatic carbocycles. The number of benzene rings is 1. The summed E-state index contributed by atoms with van der Waals surface area (Å²) in [5.41, 5.74) is 7.61. The summed E-state index contributed by atoms with van der Waals surface area (Å²) in [6, 6.07) is 7.96. The normalized spacial score (nSPS) is 10.8. The van der Waals surface area contributed by atoms with E-state index in [0.29, 0.717) is 5.13 Å². The first kappa shape index (κ1) is 9.23. The van der Waals surface area contributed by atoms with Gasteiger partial charge in [0, 0.05) is 11.6 Å². The van der Waals surface area contributed by atoms with Gasteiger partial charge in [0.1, 0.15) is 0 Å². The fraction of sp³-hybridized carbons (Fsp3) is 0. The SMILES string of the molecule is Nc1ncc(-c2ccc3nnccc3c2)s1. The van der Waals surface area contributed by atoms with Crippen molar-refractivity contribution in [3.8, 4) is 10.4 Å². The van der Waals surface area contributed by atoms with Crippen molar-refractivity contribution in [1.82, 2.24) is 15.2 Å². The molecule has 0 amide bonds. The number of anilines is 1. The van der Waals surface area contributed by atoms with Crippen LogP contribution in [0.3, 0.4) is 0 Å². The number of fused-ring (bicyclic) bond motifs is 1. The van der Waals surface area contributed by atoms with Crippen molar-refractivity contribution in [2.24, 2.45) is 0 Å². The van der Waals surface area contributed by atoms with E-state index in [9.17, 15) is 0 Å². The third kappa shape index (κ3) is 1.51. The lowest BCUT2D eigenvalue weighted by atomic mass is 10.1. The molecule has 0 unspecified atom stereocenters. The van der Waals surface area contributed by atoms with E-state index in [1.807, 2.05) is 18.2 Å². The zero-order chi connectivity index (χ0) is 11.0. The van der Waals surface area contributed by atoms with Crippen LogP contribution in [0.25, 0.3) is 21.3 Å². The molecule has 3 rings (SSSR count). The maximum Gasteiger partial charge on any atom is 0.180 e. The van der Waals surface area contributed by atoms with Crippen molar-refractivity contribution in [2.45, 2.75) is 0 Å².